The molecule has 0 fully saturated rings. The molecule has 1 heterocycles. The first-order valence-electron chi connectivity index (χ1n) is 5.75. The summed E-state index contributed by atoms with van der Waals surface area (Å²) in [6.07, 6.45) is 0.557. The third-order valence-corrected chi connectivity index (χ3v) is 4.21. The van der Waals surface area contributed by atoms with Crippen molar-refractivity contribution in [1.29, 1.82) is 0 Å². The zero-order chi connectivity index (χ0) is 14.0. The number of nitrogens with one attached hydrogen (secondary N) is 1. The molecule has 0 aliphatic heterocycles. The Balaban J connectivity index is 2.38. The van der Waals surface area contributed by atoms with Crippen molar-refractivity contribution in [2.45, 2.75) is 11.3 Å². The van der Waals surface area contributed by atoms with Crippen LogP contribution in [0.3, 0.4) is 0 Å². The number of rotatable bonds is 5. The summed E-state index contributed by atoms with van der Waals surface area (Å²) in [6, 6.07) is 4.31. The van der Waals surface area contributed by atoms with E-state index in [9.17, 15) is 13.2 Å². The molecule has 2 aromatic rings. The molecule has 8 heteroatoms. The predicted molar refractivity (Wildman–Crippen MR) is 70.3 cm³/mol. The van der Waals surface area contributed by atoms with Gasteiger partial charge in [-0.1, -0.05) is 0 Å². The molecule has 19 heavy (non-hydrogen) atoms. The van der Waals surface area contributed by atoms with E-state index in [4.69, 9.17) is 10.2 Å². The van der Waals surface area contributed by atoms with Crippen molar-refractivity contribution >= 4 is 21.1 Å². The molecule has 1 aromatic carbocycles. The fraction of sp³-hybridized carbons (Fsp3) is 0.364. The lowest BCUT2D eigenvalue weighted by Crippen LogP contribution is -2.26. The monoisotopic (exact) mass is 285 g/mol. The lowest BCUT2D eigenvalue weighted by atomic mass is 10.3. The molecular formula is C11H15N3O4S. The van der Waals surface area contributed by atoms with Crippen LogP contribution in [0.25, 0.3) is 11.1 Å². The minimum atomic E-state index is -3.60. The van der Waals surface area contributed by atoms with E-state index in [1.54, 1.807) is 7.05 Å². The van der Waals surface area contributed by atoms with Gasteiger partial charge in [-0.05, 0) is 25.1 Å². The number of hydrogen-bond acceptors (Lipinski definition) is 5. The fourth-order valence-corrected chi connectivity index (χ4v) is 2.76. The summed E-state index contributed by atoms with van der Waals surface area (Å²) in [7, 11) is -2.05. The van der Waals surface area contributed by atoms with Crippen LogP contribution in [0.5, 0.6) is 0 Å². The molecule has 0 radical (unpaired) electrons. The molecule has 0 saturated carbocycles. The first-order valence-corrected chi connectivity index (χ1v) is 7.23. The summed E-state index contributed by atoms with van der Waals surface area (Å²) < 4.78 is 32.6. The number of benzene rings is 1. The Kier molecular flexibility index (Phi) is 3.74. The Labute approximate surface area is 110 Å². The maximum absolute atomic E-state index is 12.0. The van der Waals surface area contributed by atoms with Gasteiger partial charge in [0.25, 0.3) is 0 Å². The minimum absolute atomic E-state index is 0.0615. The highest BCUT2D eigenvalue weighted by Crippen LogP contribution is 2.17. The van der Waals surface area contributed by atoms with Crippen molar-refractivity contribution in [1.82, 2.24) is 9.29 Å². The average molecular weight is 285 g/mol. The molecular weight excluding hydrogens is 270 g/mol. The molecule has 0 bridgehead atoms. The lowest BCUT2D eigenvalue weighted by molar-refractivity contribution is 0.527. The largest absolute Gasteiger partial charge is 0.419 e. The van der Waals surface area contributed by atoms with Gasteiger partial charge < -0.3 is 10.2 Å². The number of hydrogen-bond donors (Lipinski definition) is 2. The van der Waals surface area contributed by atoms with E-state index < -0.39 is 15.8 Å². The lowest BCUT2D eigenvalue weighted by Gasteiger charge is -2.05. The van der Waals surface area contributed by atoms with Crippen LogP contribution in [-0.4, -0.2) is 26.1 Å². The van der Waals surface area contributed by atoms with Crippen LogP contribution in [-0.2, 0) is 17.1 Å². The van der Waals surface area contributed by atoms with Gasteiger partial charge in [-0.25, -0.2) is 17.9 Å². The van der Waals surface area contributed by atoms with Crippen LogP contribution in [0.4, 0.5) is 0 Å². The number of nitrogens with two attached hydrogens (primary N) is 1. The van der Waals surface area contributed by atoms with Crippen molar-refractivity contribution in [2.75, 3.05) is 13.1 Å². The van der Waals surface area contributed by atoms with Gasteiger partial charge in [0.2, 0.25) is 10.0 Å². The Bertz CT molecular complexity index is 745. The molecule has 0 saturated heterocycles. The third-order valence-electron chi connectivity index (χ3n) is 2.75. The van der Waals surface area contributed by atoms with Gasteiger partial charge in [0, 0.05) is 19.7 Å². The quantitative estimate of drug-likeness (QED) is 0.737. The number of oxazole rings is 1. The molecule has 3 N–H and O–H groups in total. The van der Waals surface area contributed by atoms with Gasteiger partial charge in [-0.15, -0.1) is 0 Å². The van der Waals surface area contributed by atoms with E-state index in [0.717, 1.165) is 0 Å². The van der Waals surface area contributed by atoms with Crippen molar-refractivity contribution < 1.29 is 12.8 Å². The van der Waals surface area contributed by atoms with E-state index in [-0.39, 0.29) is 17.0 Å². The normalized spacial score (nSPS) is 12.1. The molecule has 0 amide bonds. The predicted octanol–water partition coefficient (Wildman–Crippen LogP) is -0.241. The highest BCUT2D eigenvalue weighted by Gasteiger charge is 2.16. The Morgan fingerprint density at radius 3 is 2.84 bits per heavy atom. The van der Waals surface area contributed by atoms with Crippen LogP contribution < -0.4 is 16.2 Å². The van der Waals surface area contributed by atoms with E-state index in [1.165, 1.54) is 22.8 Å². The number of fused-ring (bicyclic) bond motifs is 1. The van der Waals surface area contributed by atoms with Crippen LogP contribution in [0.2, 0.25) is 0 Å². The smallest absolute Gasteiger partial charge is 0.408 e. The van der Waals surface area contributed by atoms with Crippen molar-refractivity contribution in [3.05, 3.63) is 28.7 Å². The number of aromatic nitrogens is 1. The standard InChI is InChI=1S/C11H15N3O4S/c1-14-9-4-3-8(7-10(9)18-11(14)15)19(16,17)13-6-2-5-12/h3-4,7,13H,2,5-6,12H2,1H3. The third kappa shape index (κ3) is 2.70. The van der Waals surface area contributed by atoms with Gasteiger partial charge in [0.15, 0.2) is 5.58 Å². The number of sulfonamides is 1. The van der Waals surface area contributed by atoms with Gasteiger partial charge >= 0.3 is 5.76 Å². The summed E-state index contributed by atoms with van der Waals surface area (Å²) >= 11 is 0. The first kappa shape index (κ1) is 13.8. The highest BCUT2D eigenvalue weighted by molar-refractivity contribution is 7.89. The maximum Gasteiger partial charge on any atom is 0.419 e. The van der Waals surface area contributed by atoms with E-state index in [2.05, 4.69) is 4.72 Å². The molecule has 104 valence electrons. The number of nitrogens with zero attached hydrogens (tertiary/aromatic N) is 1. The molecule has 0 unspecified atom stereocenters. The molecule has 0 atom stereocenters. The van der Waals surface area contributed by atoms with Crippen molar-refractivity contribution in [3.8, 4) is 0 Å². The van der Waals surface area contributed by atoms with Gasteiger partial charge in [-0.3, -0.25) is 4.57 Å². The molecule has 0 spiro atoms. The van der Waals surface area contributed by atoms with Gasteiger partial charge in [0.1, 0.15) is 0 Å². The van der Waals surface area contributed by atoms with Crippen LogP contribution >= 0.6 is 0 Å². The second-order valence-corrected chi connectivity index (χ2v) is 5.86. The Morgan fingerprint density at radius 2 is 2.16 bits per heavy atom. The SMILES string of the molecule is Cn1c(=O)oc2cc(S(=O)(=O)NCCCN)ccc21. The summed E-state index contributed by atoms with van der Waals surface area (Å²) in [5, 5.41) is 0. The molecule has 0 aliphatic rings. The summed E-state index contributed by atoms with van der Waals surface area (Å²) in [5.74, 6) is -0.527. The zero-order valence-electron chi connectivity index (χ0n) is 10.4. The summed E-state index contributed by atoms with van der Waals surface area (Å²) in [6.45, 7) is 0.685. The minimum Gasteiger partial charge on any atom is -0.408 e. The average Bonchev–Trinajstić information content (AvgIpc) is 2.65. The zero-order valence-corrected chi connectivity index (χ0v) is 11.2. The second kappa shape index (κ2) is 5.16. The molecule has 7 nitrogen and oxygen atoms in total. The van der Waals surface area contributed by atoms with Crippen molar-refractivity contribution in [3.63, 3.8) is 0 Å². The second-order valence-electron chi connectivity index (χ2n) is 4.10. The fourth-order valence-electron chi connectivity index (χ4n) is 1.67. The highest BCUT2D eigenvalue weighted by atomic mass is 32.2. The Hall–Kier alpha value is -1.64. The van der Waals surface area contributed by atoms with Crippen LogP contribution in [0.1, 0.15) is 6.42 Å². The summed E-state index contributed by atoms with van der Waals surface area (Å²) in [4.78, 5) is 11.4. The van der Waals surface area contributed by atoms with Crippen LogP contribution in [0, 0.1) is 0 Å². The van der Waals surface area contributed by atoms with Crippen molar-refractivity contribution in [2.24, 2.45) is 12.8 Å². The summed E-state index contributed by atoms with van der Waals surface area (Å²) in [5.41, 5.74) is 6.09. The van der Waals surface area contributed by atoms with Gasteiger partial charge in [-0.2, -0.15) is 0 Å². The number of aryl methyl sites for hydroxylation is 1. The maximum atomic E-state index is 12.0. The first-order chi connectivity index (χ1) is 8.95. The van der Waals surface area contributed by atoms with E-state index >= 15 is 0 Å². The van der Waals surface area contributed by atoms with E-state index in [1.807, 2.05) is 0 Å². The molecule has 0 aliphatic carbocycles. The molecule has 2 rings (SSSR count). The Morgan fingerprint density at radius 1 is 1.42 bits per heavy atom. The topological polar surface area (TPSA) is 107 Å². The van der Waals surface area contributed by atoms with Gasteiger partial charge in [0.05, 0.1) is 10.4 Å². The van der Waals surface area contributed by atoms with Crippen LogP contribution in [0.15, 0.2) is 32.3 Å². The molecule has 1 aromatic heterocycles. The van der Waals surface area contributed by atoms with E-state index in [0.29, 0.717) is 18.5 Å².